The number of aromatic nitrogens is 2. The number of carbonyl (C=O) groups is 1. The lowest BCUT2D eigenvalue weighted by molar-refractivity contribution is 0.103. The SMILES string of the molecule is Cc1nnc(NC(=O)c2ccc(C#CCN)s2)s1. The van der Waals surface area contributed by atoms with Crippen molar-refractivity contribution in [2.75, 3.05) is 11.9 Å². The Morgan fingerprint density at radius 2 is 2.28 bits per heavy atom. The zero-order chi connectivity index (χ0) is 13.0. The Morgan fingerprint density at radius 3 is 2.94 bits per heavy atom. The van der Waals surface area contributed by atoms with Gasteiger partial charge in [-0.1, -0.05) is 23.2 Å². The van der Waals surface area contributed by atoms with Crippen LogP contribution in [0.25, 0.3) is 0 Å². The maximum absolute atomic E-state index is 11.9. The first kappa shape index (κ1) is 12.7. The van der Waals surface area contributed by atoms with E-state index in [9.17, 15) is 4.79 Å². The molecule has 0 saturated carbocycles. The van der Waals surface area contributed by atoms with Gasteiger partial charge in [0.2, 0.25) is 5.13 Å². The molecule has 92 valence electrons. The molecule has 0 fully saturated rings. The summed E-state index contributed by atoms with van der Waals surface area (Å²) in [4.78, 5) is 13.3. The van der Waals surface area contributed by atoms with Gasteiger partial charge in [0.15, 0.2) is 0 Å². The molecule has 0 bridgehead atoms. The first-order chi connectivity index (χ1) is 8.69. The highest BCUT2D eigenvalue weighted by atomic mass is 32.1. The van der Waals surface area contributed by atoms with Crippen molar-refractivity contribution < 1.29 is 4.79 Å². The standard InChI is InChI=1S/C11H10N4OS2/c1-7-14-15-11(17-7)13-10(16)9-5-4-8(18-9)3-2-6-12/h4-5H,6,12H2,1H3,(H,13,15,16). The molecular weight excluding hydrogens is 268 g/mol. The average molecular weight is 278 g/mol. The van der Waals surface area contributed by atoms with Crippen LogP contribution < -0.4 is 11.1 Å². The number of amides is 1. The molecule has 0 saturated heterocycles. The maximum atomic E-state index is 11.9. The molecule has 2 aromatic heterocycles. The van der Waals surface area contributed by atoms with Gasteiger partial charge in [-0.3, -0.25) is 10.1 Å². The van der Waals surface area contributed by atoms with E-state index in [4.69, 9.17) is 5.73 Å². The summed E-state index contributed by atoms with van der Waals surface area (Å²) in [6.45, 7) is 2.14. The van der Waals surface area contributed by atoms with Crippen molar-refractivity contribution in [2.45, 2.75) is 6.92 Å². The topological polar surface area (TPSA) is 80.9 Å². The quantitative estimate of drug-likeness (QED) is 0.815. The third kappa shape index (κ3) is 3.13. The first-order valence-electron chi connectivity index (χ1n) is 5.09. The van der Waals surface area contributed by atoms with Crippen molar-refractivity contribution in [2.24, 2.45) is 5.73 Å². The number of anilines is 1. The van der Waals surface area contributed by atoms with Gasteiger partial charge in [0.1, 0.15) is 5.01 Å². The predicted octanol–water partition coefficient (Wildman–Crippen LogP) is 1.47. The van der Waals surface area contributed by atoms with Crippen molar-refractivity contribution in [3.05, 3.63) is 26.9 Å². The van der Waals surface area contributed by atoms with Crippen LogP contribution in [0, 0.1) is 18.8 Å². The summed E-state index contributed by atoms with van der Waals surface area (Å²) in [6.07, 6.45) is 0. The zero-order valence-corrected chi connectivity index (χ0v) is 11.2. The van der Waals surface area contributed by atoms with E-state index < -0.39 is 0 Å². The third-order valence-electron chi connectivity index (χ3n) is 1.89. The summed E-state index contributed by atoms with van der Waals surface area (Å²) in [5.74, 6) is 5.43. The van der Waals surface area contributed by atoms with Gasteiger partial charge in [-0.2, -0.15) is 0 Å². The minimum atomic E-state index is -0.197. The van der Waals surface area contributed by atoms with Crippen LogP contribution in [0.15, 0.2) is 12.1 Å². The second-order valence-corrected chi connectivity index (χ2v) is 5.52. The predicted molar refractivity (Wildman–Crippen MR) is 72.9 cm³/mol. The van der Waals surface area contributed by atoms with Crippen LogP contribution in [0.5, 0.6) is 0 Å². The van der Waals surface area contributed by atoms with Crippen molar-refractivity contribution >= 4 is 33.7 Å². The van der Waals surface area contributed by atoms with Crippen LogP contribution in [-0.4, -0.2) is 22.6 Å². The molecule has 0 aliphatic carbocycles. The van der Waals surface area contributed by atoms with Gasteiger partial charge in [-0.05, 0) is 19.1 Å². The van der Waals surface area contributed by atoms with Crippen LogP contribution in [-0.2, 0) is 0 Å². The molecule has 0 radical (unpaired) electrons. The summed E-state index contributed by atoms with van der Waals surface area (Å²) in [5.41, 5.74) is 5.29. The van der Waals surface area contributed by atoms with E-state index in [0.29, 0.717) is 16.6 Å². The summed E-state index contributed by atoms with van der Waals surface area (Å²) in [5, 5.41) is 11.7. The fourth-order valence-corrected chi connectivity index (χ4v) is 2.53. The highest BCUT2D eigenvalue weighted by Gasteiger charge is 2.11. The van der Waals surface area contributed by atoms with E-state index in [0.717, 1.165) is 9.88 Å². The molecule has 7 heteroatoms. The number of nitrogens with zero attached hydrogens (tertiary/aromatic N) is 2. The highest BCUT2D eigenvalue weighted by molar-refractivity contribution is 7.16. The molecule has 2 heterocycles. The second kappa shape index (κ2) is 5.73. The number of aryl methyl sites for hydroxylation is 1. The summed E-state index contributed by atoms with van der Waals surface area (Å²) in [6, 6.07) is 3.53. The Morgan fingerprint density at radius 1 is 1.44 bits per heavy atom. The minimum Gasteiger partial charge on any atom is -0.320 e. The van der Waals surface area contributed by atoms with E-state index in [1.165, 1.54) is 22.7 Å². The molecule has 1 amide bonds. The Hall–Kier alpha value is -1.75. The molecule has 0 aliphatic heterocycles. The van der Waals surface area contributed by atoms with Gasteiger partial charge >= 0.3 is 0 Å². The van der Waals surface area contributed by atoms with Crippen LogP contribution >= 0.6 is 22.7 Å². The Balaban J connectivity index is 2.07. The van der Waals surface area contributed by atoms with Crippen molar-refractivity contribution in [1.29, 1.82) is 0 Å². The molecule has 2 rings (SSSR count). The Labute approximate surface area is 112 Å². The lowest BCUT2D eigenvalue weighted by Crippen LogP contribution is -2.09. The fraction of sp³-hybridized carbons (Fsp3) is 0.182. The van der Waals surface area contributed by atoms with Crippen molar-refractivity contribution in [3.8, 4) is 11.8 Å². The molecule has 0 spiro atoms. The summed E-state index contributed by atoms with van der Waals surface area (Å²) >= 11 is 2.66. The largest absolute Gasteiger partial charge is 0.320 e. The summed E-state index contributed by atoms with van der Waals surface area (Å²) in [7, 11) is 0. The molecule has 3 N–H and O–H groups in total. The minimum absolute atomic E-state index is 0.197. The number of hydrogen-bond donors (Lipinski definition) is 2. The van der Waals surface area contributed by atoms with E-state index in [2.05, 4.69) is 27.4 Å². The highest BCUT2D eigenvalue weighted by Crippen LogP contribution is 2.19. The number of thiophene rings is 1. The number of rotatable bonds is 2. The molecule has 0 aliphatic rings. The van der Waals surface area contributed by atoms with Gasteiger partial charge in [0.05, 0.1) is 16.3 Å². The maximum Gasteiger partial charge on any atom is 0.267 e. The molecule has 0 aromatic carbocycles. The van der Waals surface area contributed by atoms with Crippen LogP contribution in [0.3, 0.4) is 0 Å². The normalized spacial score (nSPS) is 9.67. The average Bonchev–Trinajstić information content (AvgIpc) is 2.96. The number of carbonyl (C=O) groups excluding carboxylic acids is 1. The Kier molecular flexibility index (Phi) is 4.04. The van der Waals surface area contributed by atoms with E-state index in [-0.39, 0.29) is 5.91 Å². The van der Waals surface area contributed by atoms with E-state index in [1.807, 2.05) is 6.92 Å². The second-order valence-electron chi connectivity index (χ2n) is 3.25. The molecular formula is C11H10N4OS2. The van der Waals surface area contributed by atoms with Crippen molar-refractivity contribution in [3.63, 3.8) is 0 Å². The van der Waals surface area contributed by atoms with Crippen LogP contribution in [0.1, 0.15) is 19.6 Å². The molecule has 0 atom stereocenters. The lowest BCUT2D eigenvalue weighted by atomic mass is 10.4. The van der Waals surface area contributed by atoms with Crippen LogP contribution in [0.2, 0.25) is 0 Å². The van der Waals surface area contributed by atoms with Gasteiger partial charge in [-0.25, -0.2) is 0 Å². The van der Waals surface area contributed by atoms with Gasteiger partial charge < -0.3 is 5.73 Å². The van der Waals surface area contributed by atoms with Gasteiger partial charge in [-0.15, -0.1) is 21.5 Å². The molecule has 18 heavy (non-hydrogen) atoms. The third-order valence-corrected chi connectivity index (χ3v) is 3.64. The molecule has 2 aromatic rings. The lowest BCUT2D eigenvalue weighted by Gasteiger charge is -1.96. The van der Waals surface area contributed by atoms with Gasteiger partial charge in [0, 0.05) is 0 Å². The number of nitrogens with two attached hydrogens (primary N) is 1. The van der Waals surface area contributed by atoms with Crippen molar-refractivity contribution in [1.82, 2.24) is 10.2 Å². The first-order valence-corrected chi connectivity index (χ1v) is 6.72. The monoisotopic (exact) mass is 278 g/mol. The smallest absolute Gasteiger partial charge is 0.267 e. The van der Waals surface area contributed by atoms with E-state index in [1.54, 1.807) is 12.1 Å². The zero-order valence-electron chi connectivity index (χ0n) is 9.56. The molecule has 0 unspecified atom stereocenters. The van der Waals surface area contributed by atoms with Gasteiger partial charge in [0.25, 0.3) is 5.91 Å². The number of nitrogens with one attached hydrogen (secondary N) is 1. The van der Waals surface area contributed by atoms with E-state index >= 15 is 0 Å². The Bertz CT molecular complexity index is 620. The fourth-order valence-electron chi connectivity index (χ4n) is 1.17. The van der Waals surface area contributed by atoms with Crippen LogP contribution in [0.4, 0.5) is 5.13 Å². The summed E-state index contributed by atoms with van der Waals surface area (Å²) < 4.78 is 0. The number of hydrogen-bond acceptors (Lipinski definition) is 6. The molecule has 5 nitrogen and oxygen atoms in total.